The maximum absolute atomic E-state index is 13.5. The molecule has 174 valence electrons. The van der Waals surface area contributed by atoms with Gasteiger partial charge in [-0.1, -0.05) is 17.3 Å². The maximum Gasteiger partial charge on any atom is 0.292 e. The molecule has 5 rings (SSSR count). The monoisotopic (exact) mass is 461 g/mol. The Morgan fingerprint density at radius 2 is 2.06 bits per heavy atom. The Labute approximate surface area is 196 Å². The predicted octanol–water partition coefficient (Wildman–Crippen LogP) is 5.09. The highest BCUT2D eigenvalue weighted by atomic mass is 19.1. The number of carbonyl (C=O) groups excluding carboxylic acids is 1. The van der Waals surface area contributed by atoms with Crippen molar-refractivity contribution < 1.29 is 22.9 Å². The van der Waals surface area contributed by atoms with Gasteiger partial charge in [0.05, 0.1) is 19.2 Å². The van der Waals surface area contributed by atoms with Crippen LogP contribution in [0.2, 0.25) is 0 Å². The molecule has 0 spiro atoms. The van der Waals surface area contributed by atoms with Gasteiger partial charge in [0.15, 0.2) is 5.89 Å². The number of halogens is 1. The summed E-state index contributed by atoms with van der Waals surface area (Å²) < 4.78 is 30.0. The van der Waals surface area contributed by atoms with Crippen molar-refractivity contribution in [3.05, 3.63) is 89.6 Å². The molecule has 0 bridgehead atoms. The zero-order valence-corrected chi connectivity index (χ0v) is 18.7. The summed E-state index contributed by atoms with van der Waals surface area (Å²) in [6.07, 6.45) is 3.85. The molecule has 2 aromatic heterocycles. The van der Waals surface area contributed by atoms with E-state index in [4.69, 9.17) is 13.7 Å². The van der Waals surface area contributed by atoms with Gasteiger partial charge >= 0.3 is 0 Å². The SMILES string of the molecule is COc1ccc(-c2cc(C(=O)N3CCCC(c4ncc(Cc5cccc(F)c5)o4)C3)on2)cc1. The summed E-state index contributed by atoms with van der Waals surface area (Å²) in [4.78, 5) is 19.3. The van der Waals surface area contributed by atoms with Crippen LogP contribution < -0.4 is 4.74 Å². The highest BCUT2D eigenvalue weighted by molar-refractivity contribution is 5.92. The third kappa shape index (κ3) is 4.71. The smallest absolute Gasteiger partial charge is 0.292 e. The highest BCUT2D eigenvalue weighted by Gasteiger charge is 2.30. The minimum Gasteiger partial charge on any atom is -0.497 e. The van der Waals surface area contributed by atoms with E-state index in [1.165, 1.54) is 12.1 Å². The van der Waals surface area contributed by atoms with E-state index in [9.17, 15) is 9.18 Å². The highest BCUT2D eigenvalue weighted by Crippen LogP contribution is 2.29. The van der Waals surface area contributed by atoms with Crippen molar-refractivity contribution in [2.45, 2.75) is 25.2 Å². The minimum atomic E-state index is -0.277. The lowest BCUT2D eigenvalue weighted by Gasteiger charge is -2.30. The van der Waals surface area contributed by atoms with E-state index >= 15 is 0 Å². The van der Waals surface area contributed by atoms with Crippen LogP contribution in [0.15, 0.2) is 69.7 Å². The van der Waals surface area contributed by atoms with Gasteiger partial charge < -0.3 is 18.6 Å². The van der Waals surface area contributed by atoms with Crippen molar-refractivity contribution in [2.24, 2.45) is 0 Å². The Hall–Kier alpha value is -3.94. The molecular weight excluding hydrogens is 437 g/mol. The van der Waals surface area contributed by atoms with Crippen LogP contribution in [0.5, 0.6) is 5.75 Å². The van der Waals surface area contributed by atoms with Crippen LogP contribution in [0.25, 0.3) is 11.3 Å². The standard InChI is InChI=1S/C26H24FN3O4/c1-32-21-9-7-18(8-10-21)23-14-24(34-29-23)26(31)30-11-3-5-19(16-30)25-28-15-22(33-25)13-17-4-2-6-20(27)12-17/h2,4,6-10,12,14-15,19H,3,5,11,13,16H2,1H3. The largest absolute Gasteiger partial charge is 0.497 e. The van der Waals surface area contributed by atoms with Gasteiger partial charge in [0.1, 0.15) is 23.0 Å². The number of amides is 1. The molecule has 0 aliphatic carbocycles. The normalized spacial score (nSPS) is 15.9. The van der Waals surface area contributed by atoms with Crippen LogP contribution in [0.1, 0.15) is 46.5 Å². The van der Waals surface area contributed by atoms with Crippen molar-refractivity contribution in [2.75, 3.05) is 20.2 Å². The van der Waals surface area contributed by atoms with E-state index in [1.54, 1.807) is 30.3 Å². The van der Waals surface area contributed by atoms with E-state index in [1.807, 2.05) is 30.3 Å². The molecule has 1 amide bonds. The Balaban J connectivity index is 1.25. The van der Waals surface area contributed by atoms with Crippen LogP contribution in [0.3, 0.4) is 0 Å². The molecule has 1 fully saturated rings. The van der Waals surface area contributed by atoms with Crippen LogP contribution in [0.4, 0.5) is 4.39 Å². The number of nitrogens with zero attached hydrogens (tertiary/aromatic N) is 3. The fourth-order valence-corrected chi connectivity index (χ4v) is 4.23. The van der Waals surface area contributed by atoms with Gasteiger partial charge in [-0.2, -0.15) is 0 Å². The summed E-state index contributed by atoms with van der Waals surface area (Å²) in [6, 6.07) is 15.5. The number of benzene rings is 2. The summed E-state index contributed by atoms with van der Waals surface area (Å²) in [6.45, 7) is 1.11. The molecule has 1 aliphatic heterocycles. The topological polar surface area (TPSA) is 81.6 Å². The average molecular weight is 461 g/mol. The molecule has 3 heterocycles. The predicted molar refractivity (Wildman–Crippen MR) is 122 cm³/mol. The van der Waals surface area contributed by atoms with Gasteiger partial charge in [0.2, 0.25) is 5.76 Å². The molecule has 1 atom stereocenters. The van der Waals surface area contributed by atoms with Gasteiger partial charge in [-0.15, -0.1) is 0 Å². The number of piperidine rings is 1. The molecule has 0 saturated carbocycles. The molecule has 0 N–H and O–H groups in total. The fourth-order valence-electron chi connectivity index (χ4n) is 4.23. The molecule has 8 heteroatoms. The molecule has 2 aromatic carbocycles. The first-order chi connectivity index (χ1) is 16.6. The van der Waals surface area contributed by atoms with Crippen molar-refractivity contribution in [3.8, 4) is 17.0 Å². The number of ether oxygens (including phenoxy) is 1. The minimum absolute atomic E-state index is 0.0112. The van der Waals surface area contributed by atoms with Gasteiger partial charge in [-0.05, 0) is 54.8 Å². The number of likely N-dealkylation sites (tertiary alicyclic amines) is 1. The molecule has 1 saturated heterocycles. The van der Waals surface area contributed by atoms with Gasteiger partial charge in [-0.25, -0.2) is 9.37 Å². The molecule has 1 unspecified atom stereocenters. The van der Waals surface area contributed by atoms with E-state index in [2.05, 4.69) is 10.1 Å². The average Bonchev–Trinajstić information content (AvgIpc) is 3.54. The Bertz CT molecular complexity index is 1280. The first-order valence-corrected chi connectivity index (χ1v) is 11.2. The van der Waals surface area contributed by atoms with Crippen molar-refractivity contribution in [1.82, 2.24) is 15.0 Å². The quantitative estimate of drug-likeness (QED) is 0.398. The Kier molecular flexibility index (Phi) is 6.12. The maximum atomic E-state index is 13.5. The number of hydrogen-bond donors (Lipinski definition) is 0. The van der Waals surface area contributed by atoms with Crippen molar-refractivity contribution >= 4 is 5.91 Å². The molecular formula is C26H24FN3O4. The van der Waals surface area contributed by atoms with Crippen LogP contribution >= 0.6 is 0 Å². The first-order valence-electron chi connectivity index (χ1n) is 11.2. The number of aromatic nitrogens is 2. The summed E-state index contributed by atoms with van der Waals surface area (Å²) in [7, 11) is 1.61. The zero-order valence-electron chi connectivity index (χ0n) is 18.7. The molecule has 34 heavy (non-hydrogen) atoms. The molecule has 1 aliphatic rings. The van der Waals surface area contributed by atoms with E-state index < -0.39 is 0 Å². The lowest BCUT2D eigenvalue weighted by molar-refractivity contribution is 0.0656. The second kappa shape index (κ2) is 9.51. The Morgan fingerprint density at radius 3 is 2.85 bits per heavy atom. The second-order valence-electron chi connectivity index (χ2n) is 8.37. The van der Waals surface area contributed by atoms with Crippen LogP contribution in [0, 0.1) is 5.82 Å². The summed E-state index contributed by atoms with van der Waals surface area (Å²) in [5.41, 5.74) is 2.25. The summed E-state index contributed by atoms with van der Waals surface area (Å²) in [5, 5.41) is 4.06. The number of hydrogen-bond acceptors (Lipinski definition) is 6. The molecule has 7 nitrogen and oxygen atoms in total. The summed E-state index contributed by atoms with van der Waals surface area (Å²) >= 11 is 0. The second-order valence-corrected chi connectivity index (χ2v) is 8.37. The van der Waals surface area contributed by atoms with Crippen LogP contribution in [-0.2, 0) is 6.42 Å². The fraction of sp³-hybridized carbons (Fsp3) is 0.269. The van der Waals surface area contributed by atoms with Crippen LogP contribution in [-0.4, -0.2) is 41.1 Å². The number of rotatable bonds is 6. The van der Waals surface area contributed by atoms with E-state index in [0.29, 0.717) is 36.9 Å². The third-order valence-electron chi connectivity index (χ3n) is 6.00. The van der Waals surface area contributed by atoms with Gasteiger partial charge in [0, 0.05) is 31.1 Å². The third-order valence-corrected chi connectivity index (χ3v) is 6.00. The number of oxazole rings is 1. The number of methoxy groups -OCH3 is 1. The van der Waals surface area contributed by atoms with E-state index in [-0.39, 0.29) is 23.4 Å². The lowest BCUT2D eigenvalue weighted by atomic mass is 9.97. The van der Waals surface area contributed by atoms with Crippen molar-refractivity contribution in [3.63, 3.8) is 0 Å². The lowest BCUT2D eigenvalue weighted by Crippen LogP contribution is -2.39. The molecule has 4 aromatic rings. The van der Waals surface area contributed by atoms with Gasteiger partial charge in [0.25, 0.3) is 5.91 Å². The molecule has 0 radical (unpaired) electrons. The zero-order chi connectivity index (χ0) is 23.5. The van der Waals surface area contributed by atoms with E-state index in [0.717, 1.165) is 29.7 Å². The first kappa shape index (κ1) is 21.9. The van der Waals surface area contributed by atoms with Gasteiger partial charge in [-0.3, -0.25) is 4.79 Å². The Morgan fingerprint density at radius 1 is 1.21 bits per heavy atom. The number of carbonyl (C=O) groups is 1. The van der Waals surface area contributed by atoms with Crippen molar-refractivity contribution in [1.29, 1.82) is 0 Å². The summed E-state index contributed by atoms with van der Waals surface area (Å²) in [5.74, 6) is 1.72.